The van der Waals surface area contributed by atoms with E-state index in [2.05, 4.69) is 34.6 Å². The lowest BCUT2D eigenvalue weighted by Crippen LogP contribution is -2.56. The number of allylic oxidation sites excluding steroid dienone is 2. The number of aliphatic hydroxyl groups is 2. The van der Waals surface area contributed by atoms with Crippen molar-refractivity contribution in [1.29, 1.82) is 0 Å². The summed E-state index contributed by atoms with van der Waals surface area (Å²) < 4.78 is 0. The van der Waals surface area contributed by atoms with Crippen LogP contribution in [0.3, 0.4) is 0 Å². The number of hydrogen-bond acceptors (Lipinski definition) is 3. The van der Waals surface area contributed by atoms with E-state index in [-0.39, 0.29) is 10.8 Å². The summed E-state index contributed by atoms with van der Waals surface area (Å²) in [5.74, 6) is 0.0827. The van der Waals surface area contributed by atoms with E-state index in [1.807, 2.05) is 26.0 Å². The van der Waals surface area contributed by atoms with Gasteiger partial charge in [0.1, 0.15) is 0 Å². The molecule has 0 bridgehead atoms. The lowest BCUT2D eigenvalue weighted by atomic mass is 9.51. The van der Waals surface area contributed by atoms with Gasteiger partial charge in [0.05, 0.1) is 17.6 Å². The largest absolute Gasteiger partial charge is 0.481 e. The van der Waals surface area contributed by atoms with Crippen molar-refractivity contribution in [3.63, 3.8) is 0 Å². The Kier molecular flexibility index (Phi) is 8.77. The van der Waals surface area contributed by atoms with Crippen LogP contribution in [0, 0.1) is 28.1 Å². The Morgan fingerprint density at radius 3 is 2.39 bits per heavy atom. The highest BCUT2D eigenvalue weighted by molar-refractivity contribution is 5.74. The van der Waals surface area contributed by atoms with E-state index in [4.69, 9.17) is 0 Å². The van der Waals surface area contributed by atoms with Crippen molar-refractivity contribution in [2.75, 3.05) is 0 Å². The van der Waals surface area contributed by atoms with Crippen LogP contribution in [0.5, 0.6) is 0 Å². The van der Waals surface area contributed by atoms with Crippen LogP contribution in [-0.4, -0.2) is 33.5 Å². The fourth-order valence-electron chi connectivity index (χ4n) is 5.99. The molecule has 0 radical (unpaired) electrons. The summed E-state index contributed by atoms with van der Waals surface area (Å²) in [5.41, 5.74) is -1.03. The summed E-state index contributed by atoms with van der Waals surface area (Å²) in [6, 6.07) is 0. The molecule has 0 unspecified atom stereocenters. The maximum Gasteiger partial charge on any atom is 0.309 e. The first-order chi connectivity index (χ1) is 12.8. The fraction of sp³-hybridized carbons (Fsp3) is 0.875. The summed E-state index contributed by atoms with van der Waals surface area (Å²) in [6.45, 7) is 14.6. The molecule has 1 rings (SSSR count). The van der Waals surface area contributed by atoms with Crippen LogP contribution >= 0.6 is 0 Å². The molecule has 4 heteroatoms. The first-order valence-electron chi connectivity index (χ1n) is 11.0. The number of carboxylic acid groups (broad SMARTS) is 1. The minimum Gasteiger partial charge on any atom is -0.481 e. The topological polar surface area (TPSA) is 77.8 Å². The molecular weight excluding hydrogens is 352 g/mol. The monoisotopic (exact) mass is 396 g/mol. The second-order valence-electron chi connectivity index (χ2n) is 10.5. The molecule has 28 heavy (non-hydrogen) atoms. The molecule has 1 saturated carbocycles. The second kappa shape index (κ2) is 9.75. The van der Waals surface area contributed by atoms with E-state index < -0.39 is 23.6 Å². The predicted octanol–water partition coefficient (Wildman–Crippen LogP) is 5.42. The highest BCUT2D eigenvalue weighted by atomic mass is 16.4. The minimum absolute atomic E-state index is 0.0165. The molecule has 0 saturated heterocycles. The third-order valence-corrected chi connectivity index (χ3v) is 7.51. The van der Waals surface area contributed by atoms with Crippen LogP contribution in [0.2, 0.25) is 0 Å². The quantitative estimate of drug-likeness (QED) is 0.431. The average molecular weight is 397 g/mol. The summed E-state index contributed by atoms with van der Waals surface area (Å²) >= 11 is 0. The van der Waals surface area contributed by atoms with E-state index in [1.54, 1.807) is 0 Å². The molecule has 164 valence electrons. The molecule has 0 spiro atoms. The van der Waals surface area contributed by atoms with Crippen molar-refractivity contribution < 1.29 is 20.1 Å². The van der Waals surface area contributed by atoms with Gasteiger partial charge in [0.25, 0.3) is 0 Å². The van der Waals surface area contributed by atoms with Gasteiger partial charge in [-0.25, -0.2) is 0 Å². The molecule has 0 aromatic carbocycles. The standard InChI is InChI=1S/C24H44O4/c1-8-10-13-23(6,21(27)28)14-11-12-17(3)15-24(7)16-18(25)20(26)22(4,5)19(24)9-2/h8,10,17-20,25-26H,9,11-16H2,1-7H3,(H,27,28)/b10-8+/t17-,18-,19+,20+,23-,24+/m1/s1. The van der Waals surface area contributed by atoms with Gasteiger partial charge in [-0.15, -0.1) is 0 Å². The molecule has 1 fully saturated rings. The molecule has 3 N–H and O–H groups in total. The Balaban J connectivity index is 2.75. The van der Waals surface area contributed by atoms with Crippen molar-refractivity contribution >= 4 is 5.97 Å². The zero-order valence-electron chi connectivity index (χ0n) is 19.2. The smallest absolute Gasteiger partial charge is 0.309 e. The lowest BCUT2D eigenvalue weighted by molar-refractivity contribution is -0.165. The van der Waals surface area contributed by atoms with Crippen molar-refractivity contribution in [1.82, 2.24) is 0 Å². The van der Waals surface area contributed by atoms with E-state index in [1.165, 1.54) is 0 Å². The van der Waals surface area contributed by atoms with Gasteiger partial charge in [0.2, 0.25) is 0 Å². The van der Waals surface area contributed by atoms with Gasteiger partial charge in [-0.05, 0) is 62.2 Å². The van der Waals surface area contributed by atoms with Gasteiger partial charge in [-0.2, -0.15) is 0 Å². The molecule has 1 aliphatic rings. The average Bonchev–Trinajstić information content (AvgIpc) is 2.57. The molecular formula is C24H44O4. The van der Waals surface area contributed by atoms with Crippen LogP contribution in [0.25, 0.3) is 0 Å². The van der Waals surface area contributed by atoms with Crippen molar-refractivity contribution in [2.24, 2.45) is 28.1 Å². The molecule has 1 aliphatic carbocycles. The number of rotatable bonds is 10. The number of carbonyl (C=O) groups is 1. The van der Waals surface area contributed by atoms with Gasteiger partial charge >= 0.3 is 5.97 Å². The third-order valence-electron chi connectivity index (χ3n) is 7.51. The van der Waals surface area contributed by atoms with Crippen molar-refractivity contribution in [2.45, 2.75) is 106 Å². The van der Waals surface area contributed by atoms with Crippen LogP contribution in [0.4, 0.5) is 0 Å². The highest BCUT2D eigenvalue weighted by Crippen LogP contribution is 2.55. The predicted molar refractivity (Wildman–Crippen MR) is 115 cm³/mol. The van der Waals surface area contributed by atoms with Crippen LogP contribution in [0.1, 0.15) is 93.4 Å². The van der Waals surface area contributed by atoms with Gasteiger partial charge in [-0.1, -0.05) is 66.0 Å². The zero-order valence-corrected chi connectivity index (χ0v) is 19.2. The fourth-order valence-corrected chi connectivity index (χ4v) is 5.99. The number of aliphatic carboxylic acids is 1. The summed E-state index contributed by atoms with van der Waals surface area (Å²) in [7, 11) is 0. The minimum atomic E-state index is -0.720. The first-order valence-corrected chi connectivity index (χ1v) is 11.0. The van der Waals surface area contributed by atoms with Crippen molar-refractivity contribution in [3.05, 3.63) is 12.2 Å². The Morgan fingerprint density at radius 1 is 1.29 bits per heavy atom. The van der Waals surface area contributed by atoms with Crippen LogP contribution < -0.4 is 0 Å². The number of aliphatic hydroxyl groups excluding tert-OH is 2. The summed E-state index contributed by atoms with van der Waals surface area (Å²) in [6.07, 6.45) is 8.26. The van der Waals surface area contributed by atoms with Gasteiger partial charge in [0, 0.05) is 0 Å². The van der Waals surface area contributed by atoms with Crippen LogP contribution in [0.15, 0.2) is 12.2 Å². The highest BCUT2D eigenvalue weighted by Gasteiger charge is 2.53. The third kappa shape index (κ3) is 5.60. The van der Waals surface area contributed by atoms with Crippen LogP contribution in [-0.2, 0) is 4.79 Å². The van der Waals surface area contributed by atoms with Gasteiger partial charge in [0.15, 0.2) is 0 Å². The van der Waals surface area contributed by atoms with E-state index in [0.717, 1.165) is 25.7 Å². The maximum atomic E-state index is 11.7. The zero-order chi connectivity index (χ0) is 21.8. The maximum absolute atomic E-state index is 11.7. The summed E-state index contributed by atoms with van der Waals surface area (Å²) in [5, 5.41) is 30.6. The second-order valence-corrected chi connectivity index (χ2v) is 10.5. The molecule has 4 nitrogen and oxygen atoms in total. The Morgan fingerprint density at radius 2 is 1.89 bits per heavy atom. The SMILES string of the molecule is C/C=C/C[C@](C)(CCC[C@@H](C)C[C@@]1(C)C[C@@H](O)[C@H](O)C(C)(C)[C@@H]1CC)C(=O)O. The molecule has 0 aromatic rings. The van der Waals surface area contributed by atoms with E-state index in [0.29, 0.717) is 31.1 Å². The Labute approximate surface area is 172 Å². The molecule has 0 heterocycles. The number of hydrogen-bond donors (Lipinski definition) is 3. The molecule has 0 aliphatic heterocycles. The normalized spacial score (nSPS) is 33.5. The molecule has 0 amide bonds. The van der Waals surface area contributed by atoms with E-state index in [9.17, 15) is 20.1 Å². The summed E-state index contributed by atoms with van der Waals surface area (Å²) in [4.78, 5) is 11.7. The van der Waals surface area contributed by atoms with Gasteiger partial charge < -0.3 is 15.3 Å². The lowest BCUT2D eigenvalue weighted by Gasteiger charge is -2.55. The van der Waals surface area contributed by atoms with Gasteiger partial charge in [-0.3, -0.25) is 4.79 Å². The number of carboxylic acids is 1. The van der Waals surface area contributed by atoms with E-state index >= 15 is 0 Å². The van der Waals surface area contributed by atoms with Crippen molar-refractivity contribution in [3.8, 4) is 0 Å². The molecule has 0 aromatic heterocycles. The molecule has 6 atom stereocenters. The Hall–Kier alpha value is -0.870. The Bertz CT molecular complexity index is 541. The first kappa shape index (κ1) is 25.2.